The zero-order valence-corrected chi connectivity index (χ0v) is 24.8. The van der Waals surface area contributed by atoms with Crippen molar-refractivity contribution in [1.82, 2.24) is 10.2 Å². The molecule has 2 atom stereocenters. The van der Waals surface area contributed by atoms with Crippen molar-refractivity contribution >= 4 is 39.1 Å². The van der Waals surface area contributed by atoms with Gasteiger partial charge >= 0.3 is 0 Å². The molecule has 10 heteroatoms. The van der Waals surface area contributed by atoms with Crippen LogP contribution in [0.2, 0.25) is 5.02 Å². The monoisotopic (exact) mass is 585 g/mol. The SMILES string of the molecule is CC[C@@H](C)NC(=O)[C@@H](C)N(CCc1ccccc1)C(=O)CN(c1ccc(Cl)cc1)S(=O)(=O)c1ccc(OC)cc1. The Kier molecular flexibility index (Phi) is 11.0. The van der Waals surface area contributed by atoms with Crippen molar-refractivity contribution in [2.75, 3.05) is 24.5 Å². The molecule has 0 heterocycles. The molecule has 3 rings (SSSR count). The number of hydrogen-bond acceptors (Lipinski definition) is 5. The predicted molar refractivity (Wildman–Crippen MR) is 158 cm³/mol. The van der Waals surface area contributed by atoms with Gasteiger partial charge in [0.15, 0.2) is 0 Å². The van der Waals surface area contributed by atoms with Crippen molar-refractivity contribution in [2.45, 2.75) is 50.6 Å². The molecule has 0 saturated carbocycles. The van der Waals surface area contributed by atoms with Gasteiger partial charge in [-0.3, -0.25) is 13.9 Å². The molecular weight excluding hydrogens is 550 g/mol. The van der Waals surface area contributed by atoms with Crippen molar-refractivity contribution in [2.24, 2.45) is 0 Å². The molecule has 8 nitrogen and oxygen atoms in total. The summed E-state index contributed by atoms with van der Waals surface area (Å²) in [5.41, 5.74) is 1.27. The Balaban J connectivity index is 1.97. The molecule has 0 spiro atoms. The van der Waals surface area contributed by atoms with E-state index in [4.69, 9.17) is 16.3 Å². The van der Waals surface area contributed by atoms with Crippen LogP contribution in [0.15, 0.2) is 83.8 Å². The Morgan fingerprint density at radius 2 is 1.57 bits per heavy atom. The van der Waals surface area contributed by atoms with Gasteiger partial charge in [-0.2, -0.15) is 0 Å². The number of amides is 2. The quantitative estimate of drug-likeness (QED) is 0.307. The number of sulfonamides is 1. The molecule has 0 fully saturated rings. The first-order valence-corrected chi connectivity index (χ1v) is 14.9. The van der Waals surface area contributed by atoms with E-state index >= 15 is 0 Å². The maximum atomic E-state index is 13.9. The number of methoxy groups -OCH3 is 1. The van der Waals surface area contributed by atoms with Crippen LogP contribution < -0.4 is 14.4 Å². The lowest BCUT2D eigenvalue weighted by Gasteiger charge is -2.32. The lowest BCUT2D eigenvalue weighted by atomic mass is 10.1. The topological polar surface area (TPSA) is 96.0 Å². The standard InChI is InChI=1S/C30H36ClN3O5S/c1-5-22(2)32-30(36)23(3)33(20-19-24-9-7-6-8-10-24)29(35)21-34(26-13-11-25(31)12-14-26)40(37,38)28-17-15-27(39-4)16-18-28/h6-18,22-23H,5,19-21H2,1-4H3,(H,32,36)/t22-,23-/m1/s1. The number of carbonyl (C=O) groups is 2. The van der Waals surface area contributed by atoms with E-state index in [1.54, 1.807) is 43.3 Å². The molecule has 3 aromatic rings. The molecule has 0 radical (unpaired) electrons. The Bertz CT molecular complexity index is 1370. The highest BCUT2D eigenvalue weighted by Gasteiger charge is 2.32. The van der Waals surface area contributed by atoms with E-state index in [9.17, 15) is 18.0 Å². The van der Waals surface area contributed by atoms with Crippen LogP contribution in [0, 0.1) is 0 Å². The Hall–Kier alpha value is -3.56. The van der Waals surface area contributed by atoms with Crippen molar-refractivity contribution in [1.29, 1.82) is 0 Å². The van der Waals surface area contributed by atoms with E-state index in [-0.39, 0.29) is 29.1 Å². The normalized spacial score (nSPS) is 12.7. The molecule has 0 aliphatic heterocycles. The van der Waals surface area contributed by atoms with E-state index < -0.39 is 28.5 Å². The first-order valence-electron chi connectivity index (χ1n) is 13.1. The number of anilines is 1. The minimum absolute atomic E-state index is 0.00514. The second-order valence-electron chi connectivity index (χ2n) is 9.48. The maximum absolute atomic E-state index is 13.9. The first-order chi connectivity index (χ1) is 19.1. The Labute approximate surface area is 241 Å². The van der Waals surface area contributed by atoms with E-state index in [2.05, 4.69) is 5.32 Å². The summed E-state index contributed by atoms with van der Waals surface area (Å²) in [5.74, 6) is -0.303. The van der Waals surface area contributed by atoms with Crippen LogP contribution in [0.1, 0.15) is 32.8 Å². The van der Waals surface area contributed by atoms with Gasteiger partial charge in [0.25, 0.3) is 10.0 Å². The van der Waals surface area contributed by atoms with E-state index in [1.807, 2.05) is 44.2 Å². The summed E-state index contributed by atoms with van der Waals surface area (Å²) >= 11 is 6.06. The molecule has 0 unspecified atom stereocenters. The largest absolute Gasteiger partial charge is 0.497 e. The van der Waals surface area contributed by atoms with E-state index in [0.29, 0.717) is 17.2 Å². The minimum Gasteiger partial charge on any atom is -0.497 e. The third-order valence-electron chi connectivity index (χ3n) is 6.69. The number of halogens is 1. The minimum atomic E-state index is -4.17. The summed E-state index contributed by atoms with van der Waals surface area (Å²) in [7, 11) is -2.68. The maximum Gasteiger partial charge on any atom is 0.264 e. The van der Waals surface area contributed by atoms with Crippen LogP contribution in [-0.4, -0.2) is 57.4 Å². The molecule has 0 aliphatic carbocycles. The van der Waals surface area contributed by atoms with Crippen LogP contribution in [0.5, 0.6) is 5.75 Å². The smallest absolute Gasteiger partial charge is 0.264 e. The zero-order valence-electron chi connectivity index (χ0n) is 23.2. The molecule has 1 N–H and O–H groups in total. The van der Waals surface area contributed by atoms with Gasteiger partial charge in [-0.05, 0) is 80.8 Å². The molecule has 0 aromatic heterocycles. The fourth-order valence-electron chi connectivity index (χ4n) is 4.05. The van der Waals surface area contributed by atoms with Gasteiger partial charge in [-0.15, -0.1) is 0 Å². The third kappa shape index (κ3) is 7.99. The third-order valence-corrected chi connectivity index (χ3v) is 8.73. The molecule has 2 amide bonds. The van der Waals surface area contributed by atoms with Gasteiger partial charge in [0.1, 0.15) is 18.3 Å². The summed E-state index contributed by atoms with van der Waals surface area (Å²) in [6.07, 6.45) is 1.24. The van der Waals surface area contributed by atoms with Crippen molar-refractivity contribution in [3.63, 3.8) is 0 Å². The Morgan fingerprint density at radius 3 is 2.15 bits per heavy atom. The van der Waals surface area contributed by atoms with Crippen LogP contribution in [-0.2, 0) is 26.0 Å². The molecule has 3 aromatic carbocycles. The Morgan fingerprint density at radius 1 is 0.950 bits per heavy atom. The van der Waals surface area contributed by atoms with Crippen molar-refractivity contribution in [3.8, 4) is 5.75 Å². The van der Waals surface area contributed by atoms with Crippen LogP contribution in [0.25, 0.3) is 0 Å². The highest BCUT2D eigenvalue weighted by atomic mass is 35.5. The van der Waals surface area contributed by atoms with Gasteiger partial charge in [0, 0.05) is 17.6 Å². The highest BCUT2D eigenvalue weighted by Crippen LogP contribution is 2.27. The summed E-state index contributed by atoms with van der Waals surface area (Å²) in [6.45, 7) is 5.23. The highest BCUT2D eigenvalue weighted by molar-refractivity contribution is 7.92. The first kappa shape index (κ1) is 31.0. The van der Waals surface area contributed by atoms with Gasteiger partial charge in [0.05, 0.1) is 17.7 Å². The molecule has 0 bridgehead atoms. The van der Waals surface area contributed by atoms with Crippen LogP contribution in [0.4, 0.5) is 5.69 Å². The van der Waals surface area contributed by atoms with Crippen LogP contribution >= 0.6 is 11.6 Å². The molecule has 0 saturated heterocycles. The summed E-state index contributed by atoms with van der Waals surface area (Å²) in [6, 6.07) is 20.9. The van der Waals surface area contributed by atoms with Gasteiger partial charge in [-0.25, -0.2) is 8.42 Å². The lowest BCUT2D eigenvalue weighted by molar-refractivity contribution is -0.139. The summed E-state index contributed by atoms with van der Waals surface area (Å²) in [5, 5.41) is 3.36. The van der Waals surface area contributed by atoms with E-state index in [1.165, 1.54) is 24.1 Å². The number of nitrogens with zero attached hydrogens (tertiary/aromatic N) is 2. The van der Waals surface area contributed by atoms with Gasteiger partial charge in [0.2, 0.25) is 11.8 Å². The fourth-order valence-corrected chi connectivity index (χ4v) is 5.59. The number of hydrogen-bond donors (Lipinski definition) is 1. The number of carbonyl (C=O) groups excluding carboxylic acids is 2. The summed E-state index contributed by atoms with van der Waals surface area (Å²) in [4.78, 5) is 28.4. The van der Waals surface area contributed by atoms with Gasteiger partial charge in [-0.1, -0.05) is 48.9 Å². The molecular formula is C30H36ClN3O5S. The summed E-state index contributed by atoms with van der Waals surface area (Å²) < 4.78 is 33.9. The molecule has 214 valence electrons. The van der Waals surface area contributed by atoms with E-state index in [0.717, 1.165) is 16.3 Å². The zero-order chi connectivity index (χ0) is 29.3. The molecule has 0 aliphatic rings. The second-order valence-corrected chi connectivity index (χ2v) is 11.8. The average Bonchev–Trinajstić information content (AvgIpc) is 2.96. The van der Waals surface area contributed by atoms with Crippen molar-refractivity contribution in [3.05, 3.63) is 89.4 Å². The second kappa shape index (κ2) is 14.2. The lowest BCUT2D eigenvalue weighted by Crippen LogP contribution is -2.53. The van der Waals surface area contributed by atoms with Crippen molar-refractivity contribution < 1.29 is 22.7 Å². The number of benzene rings is 3. The number of nitrogens with one attached hydrogen (secondary N) is 1. The van der Waals surface area contributed by atoms with Gasteiger partial charge < -0.3 is 15.0 Å². The van der Waals surface area contributed by atoms with Crippen LogP contribution in [0.3, 0.4) is 0 Å². The number of rotatable bonds is 13. The molecule has 40 heavy (non-hydrogen) atoms. The fraction of sp³-hybridized carbons (Fsp3) is 0.333. The predicted octanol–water partition coefficient (Wildman–Crippen LogP) is 4.92. The average molecular weight is 586 g/mol. The number of ether oxygens (including phenoxy) is 1.